The van der Waals surface area contributed by atoms with E-state index < -0.39 is 0 Å². The minimum Gasteiger partial charge on any atom is -0.398 e. The molecule has 0 radical (unpaired) electrons. The van der Waals surface area contributed by atoms with Crippen molar-refractivity contribution in [3.63, 3.8) is 0 Å². The summed E-state index contributed by atoms with van der Waals surface area (Å²) >= 11 is 0. The van der Waals surface area contributed by atoms with Gasteiger partial charge in [0.2, 0.25) is 0 Å². The molecule has 0 saturated heterocycles. The first-order valence-electron chi connectivity index (χ1n) is 4.35. The number of aryl methyl sites for hydroxylation is 1. The Morgan fingerprint density at radius 3 is 2.69 bits per heavy atom. The van der Waals surface area contributed by atoms with E-state index >= 15 is 0 Å². The van der Waals surface area contributed by atoms with Crippen LogP contribution in [0.3, 0.4) is 0 Å². The molecule has 1 aromatic carbocycles. The van der Waals surface area contributed by atoms with Gasteiger partial charge in [0.25, 0.3) is 0 Å². The largest absolute Gasteiger partial charge is 0.398 e. The zero-order valence-corrected chi connectivity index (χ0v) is 8.17. The van der Waals surface area contributed by atoms with Crippen LogP contribution < -0.4 is 5.73 Å². The van der Waals surface area contributed by atoms with Crippen molar-refractivity contribution < 1.29 is 0 Å². The number of allylic oxidation sites excluding steroid dienone is 1. The van der Waals surface area contributed by atoms with Gasteiger partial charge in [-0.25, -0.2) is 0 Å². The fourth-order valence-electron chi connectivity index (χ4n) is 1.36. The molecule has 0 spiro atoms. The summed E-state index contributed by atoms with van der Waals surface area (Å²) in [5.41, 5.74) is 10.1. The van der Waals surface area contributed by atoms with Crippen molar-refractivity contribution in [3.8, 4) is 0 Å². The highest BCUT2D eigenvalue weighted by Gasteiger charge is 2.02. The first kappa shape index (κ1) is 9.59. The summed E-state index contributed by atoms with van der Waals surface area (Å²) in [6, 6.07) is 6.08. The second-order valence-electron chi connectivity index (χ2n) is 2.98. The molecule has 2 N–H and O–H groups in total. The van der Waals surface area contributed by atoms with E-state index in [4.69, 9.17) is 5.73 Å². The van der Waals surface area contributed by atoms with Gasteiger partial charge in [0.05, 0.1) is 0 Å². The minimum absolute atomic E-state index is 0.804. The Balaban J connectivity index is 3.36. The van der Waals surface area contributed by atoms with Crippen LogP contribution in [0, 0.1) is 6.92 Å². The van der Waals surface area contributed by atoms with Gasteiger partial charge in [0.15, 0.2) is 0 Å². The van der Waals surface area contributed by atoms with Gasteiger partial charge in [-0.3, -0.25) is 0 Å². The summed E-state index contributed by atoms with van der Waals surface area (Å²) < 4.78 is 0. The van der Waals surface area contributed by atoms with Gasteiger partial charge in [-0.15, -0.1) is 0 Å². The highest BCUT2D eigenvalue weighted by Crippen LogP contribution is 2.19. The molecule has 1 rings (SSSR count). The van der Waals surface area contributed by atoms with E-state index in [9.17, 15) is 0 Å². The Hall–Kier alpha value is -1.50. The molecule has 0 unspecified atom stereocenters. The highest BCUT2D eigenvalue weighted by atomic mass is 14.6. The second kappa shape index (κ2) is 3.94. The average molecular weight is 173 g/mol. The molecule has 1 heteroatoms. The maximum atomic E-state index is 5.85. The molecule has 0 fully saturated rings. The van der Waals surface area contributed by atoms with Crippen LogP contribution in [0.1, 0.15) is 23.6 Å². The molecule has 1 nitrogen and oxygen atoms in total. The van der Waals surface area contributed by atoms with Crippen molar-refractivity contribution in [3.05, 3.63) is 47.5 Å². The maximum Gasteiger partial charge on any atom is 0.0350 e. The van der Waals surface area contributed by atoms with Crippen molar-refractivity contribution >= 4 is 11.8 Å². The van der Waals surface area contributed by atoms with Crippen LogP contribution in [0.2, 0.25) is 0 Å². The lowest BCUT2D eigenvalue weighted by molar-refractivity contribution is 1.39. The molecule has 0 amide bonds. The second-order valence-corrected chi connectivity index (χ2v) is 2.98. The molecule has 0 aliphatic rings. The quantitative estimate of drug-likeness (QED) is 0.731. The van der Waals surface area contributed by atoms with Crippen LogP contribution in [-0.2, 0) is 0 Å². The van der Waals surface area contributed by atoms with Gasteiger partial charge in [0, 0.05) is 11.3 Å². The molecule has 13 heavy (non-hydrogen) atoms. The Morgan fingerprint density at radius 1 is 1.46 bits per heavy atom. The van der Waals surface area contributed by atoms with Gasteiger partial charge in [0.1, 0.15) is 0 Å². The molecule has 0 aromatic heterocycles. The van der Waals surface area contributed by atoms with Crippen LogP contribution in [0.15, 0.2) is 30.9 Å². The van der Waals surface area contributed by atoms with E-state index in [1.54, 1.807) is 0 Å². The van der Waals surface area contributed by atoms with Gasteiger partial charge in [-0.2, -0.15) is 0 Å². The minimum atomic E-state index is 0.804. The molecule has 0 aliphatic carbocycles. The molecule has 1 aromatic rings. The fourth-order valence-corrected chi connectivity index (χ4v) is 1.36. The number of hydrogen-bond donors (Lipinski definition) is 1. The average Bonchev–Trinajstić information content (AvgIpc) is 2.16. The smallest absolute Gasteiger partial charge is 0.0350 e. The SMILES string of the molecule is C=Cc1c(C)cccc1/C(N)=C\C. The van der Waals surface area contributed by atoms with Gasteiger partial charge in [-0.1, -0.05) is 36.9 Å². The fraction of sp³-hybridized carbons (Fsp3) is 0.167. The van der Waals surface area contributed by atoms with E-state index in [0.29, 0.717) is 0 Å². The van der Waals surface area contributed by atoms with Crippen molar-refractivity contribution in [2.75, 3.05) is 0 Å². The summed E-state index contributed by atoms with van der Waals surface area (Å²) in [4.78, 5) is 0. The molecular formula is C12H15N. The van der Waals surface area contributed by atoms with Crippen molar-refractivity contribution in [1.82, 2.24) is 0 Å². The predicted octanol–water partition coefficient (Wildman–Crippen LogP) is 2.96. The van der Waals surface area contributed by atoms with Crippen molar-refractivity contribution in [1.29, 1.82) is 0 Å². The third-order valence-corrected chi connectivity index (χ3v) is 2.15. The summed E-state index contributed by atoms with van der Waals surface area (Å²) in [7, 11) is 0. The van der Waals surface area contributed by atoms with Crippen LogP contribution >= 0.6 is 0 Å². The maximum absolute atomic E-state index is 5.85. The predicted molar refractivity (Wildman–Crippen MR) is 59.1 cm³/mol. The Morgan fingerprint density at radius 2 is 2.15 bits per heavy atom. The van der Waals surface area contributed by atoms with E-state index in [1.165, 1.54) is 5.56 Å². The van der Waals surface area contributed by atoms with Crippen LogP contribution in [0.4, 0.5) is 0 Å². The van der Waals surface area contributed by atoms with Gasteiger partial charge < -0.3 is 5.73 Å². The first-order valence-corrected chi connectivity index (χ1v) is 4.35. The lowest BCUT2D eigenvalue weighted by Crippen LogP contribution is -1.99. The Bertz CT molecular complexity index is 348. The molecule has 0 aliphatic heterocycles. The van der Waals surface area contributed by atoms with Crippen molar-refractivity contribution in [2.24, 2.45) is 5.73 Å². The first-order chi connectivity index (χ1) is 6.20. The lowest BCUT2D eigenvalue weighted by Gasteiger charge is -2.08. The third kappa shape index (κ3) is 1.81. The summed E-state index contributed by atoms with van der Waals surface area (Å²) in [6.45, 7) is 7.78. The monoisotopic (exact) mass is 173 g/mol. The molecular weight excluding hydrogens is 158 g/mol. The zero-order chi connectivity index (χ0) is 9.84. The van der Waals surface area contributed by atoms with E-state index in [0.717, 1.165) is 16.8 Å². The number of hydrogen-bond acceptors (Lipinski definition) is 1. The molecule has 0 atom stereocenters. The standard InChI is InChI=1S/C12H15N/c1-4-10-9(3)7-6-8-11(10)12(13)5-2/h4-8H,1,13H2,2-3H3/b12-5+. The lowest BCUT2D eigenvalue weighted by atomic mass is 10.00. The molecule has 0 bridgehead atoms. The summed E-state index contributed by atoms with van der Waals surface area (Å²) in [5.74, 6) is 0. The van der Waals surface area contributed by atoms with E-state index in [-0.39, 0.29) is 0 Å². The van der Waals surface area contributed by atoms with Crippen LogP contribution in [-0.4, -0.2) is 0 Å². The highest BCUT2D eigenvalue weighted by molar-refractivity contribution is 5.73. The molecule has 68 valence electrons. The van der Waals surface area contributed by atoms with Crippen LogP contribution in [0.25, 0.3) is 11.8 Å². The Kier molecular flexibility index (Phi) is 2.91. The normalized spacial score (nSPS) is 11.4. The third-order valence-electron chi connectivity index (χ3n) is 2.15. The zero-order valence-electron chi connectivity index (χ0n) is 8.17. The van der Waals surface area contributed by atoms with Gasteiger partial charge in [-0.05, 0) is 25.0 Å². The van der Waals surface area contributed by atoms with Crippen molar-refractivity contribution in [2.45, 2.75) is 13.8 Å². The number of rotatable bonds is 2. The summed E-state index contributed by atoms with van der Waals surface area (Å²) in [5, 5.41) is 0. The van der Waals surface area contributed by atoms with E-state index in [1.807, 2.05) is 31.2 Å². The number of nitrogens with two attached hydrogens (primary N) is 1. The number of benzene rings is 1. The molecule has 0 saturated carbocycles. The van der Waals surface area contributed by atoms with Gasteiger partial charge >= 0.3 is 0 Å². The molecule has 0 heterocycles. The summed E-state index contributed by atoms with van der Waals surface area (Å²) in [6.07, 6.45) is 3.75. The Labute approximate surface area is 79.6 Å². The van der Waals surface area contributed by atoms with Crippen LogP contribution in [0.5, 0.6) is 0 Å². The van der Waals surface area contributed by atoms with E-state index in [2.05, 4.69) is 19.6 Å². The topological polar surface area (TPSA) is 26.0 Å².